The number of benzene rings is 1. The Bertz CT molecular complexity index is 749. The maximum absolute atomic E-state index is 13.7. The van der Waals surface area contributed by atoms with Gasteiger partial charge in [0, 0.05) is 19.0 Å². The molecule has 0 heterocycles. The zero-order chi connectivity index (χ0) is 24.7. The van der Waals surface area contributed by atoms with Crippen LogP contribution in [0.15, 0.2) is 24.3 Å². The van der Waals surface area contributed by atoms with Crippen LogP contribution in [0.2, 0.25) is 0 Å². The average Bonchev–Trinajstić information content (AvgIpc) is 2.75. The molecule has 0 aliphatic carbocycles. The van der Waals surface area contributed by atoms with Crippen LogP contribution in [-0.4, -0.2) is 49.3 Å². The van der Waals surface area contributed by atoms with E-state index in [1.807, 2.05) is 14.0 Å². The SMILES string of the molecule is CCCCCCCCCCN(C)CC(C)(CC(=O)OCC)C(=O)c1ccccc1NC(C)=O. The van der Waals surface area contributed by atoms with Gasteiger partial charge in [0.15, 0.2) is 5.78 Å². The van der Waals surface area contributed by atoms with E-state index in [0.29, 0.717) is 17.8 Å². The molecule has 6 nitrogen and oxygen atoms in total. The topological polar surface area (TPSA) is 75.7 Å². The van der Waals surface area contributed by atoms with Gasteiger partial charge in [0.2, 0.25) is 5.91 Å². The predicted molar refractivity (Wildman–Crippen MR) is 135 cm³/mol. The molecule has 0 fully saturated rings. The zero-order valence-electron chi connectivity index (χ0n) is 21.4. The standard InChI is InChI=1S/C27H44N2O4/c1-6-8-9-10-11-12-13-16-19-29(5)21-27(4,20-25(31)33-7-2)26(32)23-17-14-15-18-24(23)28-22(3)30/h14-15,17-18H,6-13,16,19-21H2,1-5H3,(H,28,30). The van der Waals surface area contributed by atoms with E-state index in [2.05, 4.69) is 17.1 Å². The molecular formula is C27H44N2O4. The molecule has 1 aromatic carbocycles. The Kier molecular flexibility index (Phi) is 13.6. The summed E-state index contributed by atoms with van der Waals surface area (Å²) in [5, 5.41) is 2.74. The van der Waals surface area contributed by atoms with Crippen LogP contribution in [-0.2, 0) is 14.3 Å². The van der Waals surface area contributed by atoms with Gasteiger partial charge in [0.05, 0.1) is 24.1 Å². The number of para-hydroxylation sites is 1. The zero-order valence-corrected chi connectivity index (χ0v) is 21.4. The number of esters is 1. The van der Waals surface area contributed by atoms with E-state index in [4.69, 9.17) is 4.74 Å². The van der Waals surface area contributed by atoms with Gasteiger partial charge in [-0.1, -0.05) is 70.9 Å². The number of rotatable bonds is 17. The highest BCUT2D eigenvalue weighted by atomic mass is 16.5. The van der Waals surface area contributed by atoms with E-state index < -0.39 is 5.41 Å². The minimum Gasteiger partial charge on any atom is -0.466 e. The number of Topliss-reactive ketones (excluding diaryl/α,β-unsaturated/α-hetero) is 1. The first-order valence-corrected chi connectivity index (χ1v) is 12.5. The molecule has 0 saturated heterocycles. The number of ether oxygens (including phenoxy) is 1. The smallest absolute Gasteiger partial charge is 0.306 e. The molecule has 1 aromatic rings. The molecule has 0 radical (unpaired) electrons. The molecule has 0 saturated carbocycles. The summed E-state index contributed by atoms with van der Waals surface area (Å²) in [6, 6.07) is 6.96. The number of hydrogen-bond acceptors (Lipinski definition) is 5. The summed E-state index contributed by atoms with van der Waals surface area (Å²) in [7, 11) is 2.00. The largest absolute Gasteiger partial charge is 0.466 e. The van der Waals surface area contributed by atoms with Crippen LogP contribution in [0, 0.1) is 5.41 Å². The Morgan fingerprint density at radius 2 is 1.58 bits per heavy atom. The molecule has 0 aliphatic heterocycles. The maximum atomic E-state index is 13.7. The van der Waals surface area contributed by atoms with E-state index in [9.17, 15) is 14.4 Å². The van der Waals surface area contributed by atoms with Crippen molar-refractivity contribution in [2.24, 2.45) is 5.41 Å². The van der Waals surface area contributed by atoms with Gasteiger partial charge < -0.3 is 15.0 Å². The van der Waals surface area contributed by atoms with Gasteiger partial charge in [-0.25, -0.2) is 0 Å². The number of anilines is 1. The minimum absolute atomic E-state index is 0.00412. The number of unbranched alkanes of at least 4 members (excludes halogenated alkanes) is 7. The predicted octanol–water partition coefficient (Wildman–Crippen LogP) is 5.86. The Morgan fingerprint density at radius 1 is 0.970 bits per heavy atom. The maximum Gasteiger partial charge on any atom is 0.306 e. The van der Waals surface area contributed by atoms with Crippen LogP contribution in [0.25, 0.3) is 0 Å². The first-order valence-electron chi connectivity index (χ1n) is 12.5. The summed E-state index contributed by atoms with van der Waals surface area (Å²) in [6.07, 6.45) is 9.97. The lowest BCUT2D eigenvalue weighted by atomic mass is 9.78. The molecule has 1 unspecified atom stereocenters. The van der Waals surface area contributed by atoms with E-state index in [1.165, 1.54) is 51.9 Å². The lowest BCUT2D eigenvalue weighted by molar-refractivity contribution is -0.145. The van der Waals surface area contributed by atoms with Gasteiger partial charge in [-0.2, -0.15) is 0 Å². The fraction of sp³-hybridized carbons (Fsp3) is 0.667. The molecule has 0 bridgehead atoms. The van der Waals surface area contributed by atoms with Crippen molar-refractivity contribution in [2.45, 2.75) is 85.5 Å². The van der Waals surface area contributed by atoms with Crippen molar-refractivity contribution in [1.82, 2.24) is 4.90 Å². The molecule has 1 amide bonds. The van der Waals surface area contributed by atoms with Crippen molar-refractivity contribution in [3.63, 3.8) is 0 Å². The monoisotopic (exact) mass is 460 g/mol. The van der Waals surface area contributed by atoms with E-state index in [1.54, 1.807) is 31.2 Å². The van der Waals surface area contributed by atoms with E-state index >= 15 is 0 Å². The molecule has 0 spiro atoms. The Hall–Kier alpha value is -2.21. The number of nitrogens with zero attached hydrogens (tertiary/aromatic N) is 1. The van der Waals surface area contributed by atoms with Crippen LogP contribution in [0.3, 0.4) is 0 Å². The van der Waals surface area contributed by atoms with Crippen molar-refractivity contribution < 1.29 is 19.1 Å². The van der Waals surface area contributed by atoms with Crippen molar-refractivity contribution in [1.29, 1.82) is 0 Å². The second-order valence-electron chi connectivity index (χ2n) is 9.31. The van der Waals surface area contributed by atoms with Gasteiger partial charge in [-0.3, -0.25) is 14.4 Å². The number of hydrogen-bond donors (Lipinski definition) is 1. The number of ketones is 1. The van der Waals surface area contributed by atoms with Crippen molar-refractivity contribution >= 4 is 23.3 Å². The minimum atomic E-state index is -0.963. The molecule has 1 rings (SSSR count). The second kappa shape index (κ2) is 15.6. The summed E-state index contributed by atoms with van der Waals surface area (Å²) in [5.41, 5.74) is -0.0776. The highest BCUT2D eigenvalue weighted by Crippen LogP contribution is 2.32. The summed E-state index contributed by atoms with van der Waals surface area (Å²) < 4.78 is 5.17. The normalized spacial score (nSPS) is 12.9. The fourth-order valence-electron chi connectivity index (χ4n) is 4.23. The van der Waals surface area contributed by atoms with Gasteiger partial charge in [0.1, 0.15) is 0 Å². The highest BCUT2D eigenvalue weighted by molar-refractivity contribution is 6.08. The highest BCUT2D eigenvalue weighted by Gasteiger charge is 2.38. The van der Waals surface area contributed by atoms with Crippen LogP contribution in [0.5, 0.6) is 0 Å². The van der Waals surface area contributed by atoms with Crippen molar-refractivity contribution in [2.75, 3.05) is 32.1 Å². The quantitative estimate of drug-likeness (QED) is 0.179. The summed E-state index contributed by atoms with van der Waals surface area (Å²) in [4.78, 5) is 39.8. The van der Waals surface area contributed by atoms with E-state index in [0.717, 1.165) is 13.0 Å². The third-order valence-corrected chi connectivity index (χ3v) is 5.88. The Balaban J connectivity index is 2.83. The number of nitrogens with one attached hydrogen (secondary N) is 1. The summed E-state index contributed by atoms with van der Waals surface area (Å²) >= 11 is 0. The summed E-state index contributed by atoms with van der Waals surface area (Å²) in [5.74, 6) is -0.789. The molecular weight excluding hydrogens is 416 g/mol. The first kappa shape index (κ1) is 28.8. The number of amides is 1. The Morgan fingerprint density at radius 3 is 2.18 bits per heavy atom. The van der Waals surface area contributed by atoms with Crippen molar-refractivity contribution in [3.8, 4) is 0 Å². The van der Waals surface area contributed by atoms with Gasteiger partial charge >= 0.3 is 5.97 Å². The second-order valence-corrected chi connectivity index (χ2v) is 9.31. The molecule has 33 heavy (non-hydrogen) atoms. The molecule has 0 aromatic heterocycles. The molecule has 1 N–H and O–H groups in total. The van der Waals surface area contributed by atoms with Crippen LogP contribution < -0.4 is 5.32 Å². The first-order chi connectivity index (χ1) is 15.7. The third-order valence-electron chi connectivity index (χ3n) is 5.88. The van der Waals surface area contributed by atoms with Gasteiger partial charge in [0.25, 0.3) is 0 Å². The van der Waals surface area contributed by atoms with Crippen molar-refractivity contribution in [3.05, 3.63) is 29.8 Å². The fourth-order valence-corrected chi connectivity index (χ4v) is 4.23. The number of carbonyl (C=O) groups excluding carboxylic acids is 3. The third kappa shape index (κ3) is 11.0. The van der Waals surface area contributed by atoms with Gasteiger partial charge in [-0.15, -0.1) is 0 Å². The molecule has 1 atom stereocenters. The summed E-state index contributed by atoms with van der Waals surface area (Å²) in [6.45, 7) is 8.81. The lowest BCUT2D eigenvalue weighted by Crippen LogP contribution is -2.42. The lowest BCUT2D eigenvalue weighted by Gasteiger charge is -2.32. The molecule has 0 aliphatic rings. The van der Waals surface area contributed by atoms with Crippen LogP contribution in [0.4, 0.5) is 5.69 Å². The molecule has 186 valence electrons. The van der Waals surface area contributed by atoms with Crippen LogP contribution in [0.1, 0.15) is 95.8 Å². The Labute approximate surface area is 200 Å². The average molecular weight is 461 g/mol. The van der Waals surface area contributed by atoms with E-state index in [-0.39, 0.29) is 30.7 Å². The van der Waals surface area contributed by atoms with Crippen LogP contribution >= 0.6 is 0 Å². The molecule has 6 heteroatoms. The number of carbonyl (C=O) groups is 3. The van der Waals surface area contributed by atoms with Gasteiger partial charge in [-0.05, 0) is 39.1 Å².